The Morgan fingerprint density at radius 1 is 0.967 bits per heavy atom. The van der Waals surface area contributed by atoms with Crippen molar-refractivity contribution in [3.05, 3.63) is 90.0 Å². The molecule has 1 aliphatic heterocycles. The summed E-state index contributed by atoms with van der Waals surface area (Å²) in [4.78, 5) is 27.2. The van der Waals surface area contributed by atoms with Gasteiger partial charge >= 0.3 is 0 Å². The maximum absolute atomic E-state index is 12.8. The van der Waals surface area contributed by atoms with Crippen LogP contribution in [0.15, 0.2) is 78.9 Å². The molecule has 1 amide bonds. The van der Waals surface area contributed by atoms with Gasteiger partial charge in [-0.25, -0.2) is 0 Å². The highest BCUT2D eigenvalue weighted by molar-refractivity contribution is 5.97. The van der Waals surface area contributed by atoms with Crippen molar-refractivity contribution >= 4 is 23.1 Å². The molecule has 2 atom stereocenters. The molecule has 0 aliphatic carbocycles. The summed E-state index contributed by atoms with van der Waals surface area (Å²) in [6.45, 7) is 1.54. The van der Waals surface area contributed by atoms with Crippen LogP contribution in [0.1, 0.15) is 41.7 Å². The van der Waals surface area contributed by atoms with E-state index in [9.17, 15) is 14.7 Å². The Morgan fingerprint density at radius 2 is 1.63 bits per heavy atom. The number of nitrogens with zero attached hydrogens (tertiary/aromatic N) is 1. The Labute approximate surface area is 176 Å². The van der Waals surface area contributed by atoms with Crippen LogP contribution in [0.2, 0.25) is 0 Å². The van der Waals surface area contributed by atoms with Gasteiger partial charge in [0.05, 0.1) is 6.04 Å². The number of amides is 1. The Kier molecular flexibility index (Phi) is 5.53. The van der Waals surface area contributed by atoms with Crippen molar-refractivity contribution in [1.29, 1.82) is 0 Å². The molecule has 0 saturated carbocycles. The highest BCUT2D eigenvalue weighted by Crippen LogP contribution is 2.40. The molecule has 2 N–H and O–H groups in total. The Morgan fingerprint density at radius 3 is 2.33 bits per heavy atom. The lowest BCUT2D eigenvalue weighted by Crippen LogP contribution is -2.40. The molecule has 0 fully saturated rings. The van der Waals surface area contributed by atoms with Gasteiger partial charge in [-0.05, 0) is 42.3 Å². The molecule has 30 heavy (non-hydrogen) atoms. The third-order valence-electron chi connectivity index (χ3n) is 5.49. The summed E-state index contributed by atoms with van der Waals surface area (Å²) in [6.07, 6.45) is 0.951. The van der Waals surface area contributed by atoms with Crippen molar-refractivity contribution in [3.63, 3.8) is 0 Å². The first-order chi connectivity index (χ1) is 14.5. The molecule has 3 aromatic rings. The summed E-state index contributed by atoms with van der Waals surface area (Å²) in [5, 5.41) is 13.1. The SMILES string of the molecule is CC(=O)N(c1ccc(O)cc1)C1CC(CC(=O)c2ccccc2)Nc2ccccc21. The van der Waals surface area contributed by atoms with E-state index in [2.05, 4.69) is 5.32 Å². The van der Waals surface area contributed by atoms with Crippen LogP contribution >= 0.6 is 0 Å². The Bertz CT molecular complexity index is 1050. The van der Waals surface area contributed by atoms with Gasteiger partial charge in [-0.15, -0.1) is 0 Å². The summed E-state index contributed by atoms with van der Waals surface area (Å²) in [7, 11) is 0. The van der Waals surface area contributed by atoms with Gasteiger partial charge in [0.25, 0.3) is 0 Å². The lowest BCUT2D eigenvalue weighted by Gasteiger charge is -2.39. The summed E-state index contributed by atoms with van der Waals surface area (Å²) in [6, 6.07) is 23.5. The first kappa shape index (κ1) is 19.7. The summed E-state index contributed by atoms with van der Waals surface area (Å²) in [5.41, 5.74) is 3.36. The lowest BCUT2D eigenvalue weighted by atomic mass is 9.88. The molecule has 0 radical (unpaired) electrons. The van der Waals surface area contributed by atoms with Crippen molar-refractivity contribution in [2.75, 3.05) is 10.2 Å². The molecule has 0 spiro atoms. The molecule has 5 nitrogen and oxygen atoms in total. The highest BCUT2D eigenvalue weighted by atomic mass is 16.3. The highest BCUT2D eigenvalue weighted by Gasteiger charge is 2.33. The predicted octanol–water partition coefficient (Wildman–Crippen LogP) is 4.94. The lowest BCUT2D eigenvalue weighted by molar-refractivity contribution is -0.117. The van der Waals surface area contributed by atoms with Gasteiger partial charge in [-0.1, -0.05) is 48.5 Å². The van der Waals surface area contributed by atoms with E-state index >= 15 is 0 Å². The average Bonchev–Trinajstić information content (AvgIpc) is 2.75. The molecule has 0 bridgehead atoms. The van der Waals surface area contributed by atoms with Crippen LogP contribution < -0.4 is 10.2 Å². The Balaban J connectivity index is 1.66. The maximum Gasteiger partial charge on any atom is 0.224 e. The predicted molar refractivity (Wildman–Crippen MR) is 118 cm³/mol. The number of anilines is 2. The van der Waals surface area contributed by atoms with E-state index in [0.29, 0.717) is 18.4 Å². The third kappa shape index (κ3) is 4.06. The molecule has 0 saturated heterocycles. The first-order valence-electron chi connectivity index (χ1n) is 10.1. The number of carbonyl (C=O) groups is 2. The van der Waals surface area contributed by atoms with E-state index in [1.165, 1.54) is 0 Å². The van der Waals surface area contributed by atoms with Gasteiger partial charge < -0.3 is 15.3 Å². The van der Waals surface area contributed by atoms with Gasteiger partial charge in [0.1, 0.15) is 5.75 Å². The molecule has 152 valence electrons. The fraction of sp³-hybridized carbons (Fsp3) is 0.200. The number of benzene rings is 3. The van der Waals surface area contributed by atoms with E-state index < -0.39 is 0 Å². The molecule has 5 heteroatoms. The zero-order valence-electron chi connectivity index (χ0n) is 16.8. The number of Topliss-reactive ketones (excluding diaryl/α,β-unsaturated/α-hetero) is 1. The van der Waals surface area contributed by atoms with Crippen molar-refractivity contribution in [2.24, 2.45) is 0 Å². The van der Waals surface area contributed by atoms with Gasteiger partial charge in [0.15, 0.2) is 5.78 Å². The van der Waals surface area contributed by atoms with Gasteiger partial charge in [-0.2, -0.15) is 0 Å². The van der Waals surface area contributed by atoms with E-state index in [1.54, 1.807) is 36.1 Å². The topological polar surface area (TPSA) is 69.6 Å². The molecule has 3 aromatic carbocycles. The number of hydrogen-bond donors (Lipinski definition) is 2. The number of nitrogens with one attached hydrogen (secondary N) is 1. The number of hydrogen-bond acceptors (Lipinski definition) is 4. The van der Waals surface area contributed by atoms with Crippen molar-refractivity contribution in [1.82, 2.24) is 0 Å². The second-order valence-electron chi connectivity index (χ2n) is 7.58. The summed E-state index contributed by atoms with van der Waals surface area (Å²) < 4.78 is 0. The zero-order valence-corrected chi connectivity index (χ0v) is 16.8. The van der Waals surface area contributed by atoms with E-state index in [0.717, 1.165) is 16.9 Å². The normalized spacial score (nSPS) is 17.5. The van der Waals surface area contributed by atoms with Gasteiger partial charge in [-0.3, -0.25) is 9.59 Å². The van der Waals surface area contributed by atoms with Crippen LogP contribution in [0.5, 0.6) is 5.75 Å². The second kappa shape index (κ2) is 8.41. The minimum atomic E-state index is -0.210. The monoisotopic (exact) mass is 400 g/mol. The molecule has 4 rings (SSSR count). The van der Waals surface area contributed by atoms with Crippen LogP contribution in [-0.2, 0) is 4.79 Å². The minimum Gasteiger partial charge on any atom is -0.508 e. The minimum absolute atomic E-state index is 0.0743. The maximum atomic E-state index is 12.8. The second-order valence-corrected chi connectivity index (χ2v) is 7.58. The van der Waals surface area contributed by atoms with Crippen molar-refractivity contribution in [3.8, 4) is 5.75 Å². The van der Waals surface area contributed by atoms with Crippen LogP contribution in [0, 0.1) is 0 Å². The van der Waals surface area contributed by atoms with E-state index in [-0.39, 0.29) is 29.5 Å². The van der Waals surface area contributed by atoms with E-state index in [4.69, 9.17) is 0 Å². The number of para-hydroxylation sites is 1. The molecule has 2 unspecified atom stereocenters. The van der Waals surface area contributed by atoms with Crippen LogP contribution in [0.25, 0.3) is 0 Å². The molecule has 0 aromatic heterocycles. The number of aromatic hydroxyl groups is 1. The van der Waals surface area contributed by atoms with Gasteiger partial charge in [0.2, 0.25) is 5.91 Å². The largest absolute Gasteiger partial charge is 0.508 e. The molecule has 1 aliphatic rings. The molecule has 1 heterocycles. The first-order valence-corrected chi connectivity index (χ1v) is 10.1. The van der Waals surface area contributed by atoms with Crippen molar-refractivity contribution in [2.45, 2.75) is 31.8 Å². The smallest absolute Gasteiger partial charge is 0.224 e. The number of phenols is 1. The standard InChI is InChI=1S/C25H24N2O3/c1-17(28)27(20-11-13-21(29)14-12-20)24-15-19(26-23-10-6-5-9-22(23)24)16-25(30)18-7-3-2-4-8-18/h2-14,19,24,26,29H,15-16H2,1H3. The average molecular weight is 400 g/mol. The third-order valence-corrected chi connectivity index (χ3v) is 5.49. The van der Waals surface area contributed by atoms with Crippen LogP contribution in [0.4, 0.5) is 11.4 Å². The number of carbonyl (C=O) groups excluding carboxylic acids is 2. The van der Waals surface area contributed by atoms with Crippen LogP contribution in [-0.4, -0.2) is 22.8 Å². The fourth-order valence-electron chi connectivity index (χ4n) is 4.13. The number of rotatable bonds is 5. The quantitative estimate of drug-likeness (QED) is 0.595. The van der Waals surface area contributed by atoms with Crippen LogP contribution in [0.3, 0.4) is 0 Å². The van der Waals surface area contributed by atoms with Crippen molar-refractivity contribution < 1.29 is 14.7 Å². The van der Waals surface area contributed by atoms with E-state index in [1.807, 2.05) is 54.6 Å². The number of ketones is 1. The molecular weight excluding hydrogens is 376 g/mol. The molecular formula is C25H24N2O3. The number of fused-ring (bicyclic) bond motifs is 1. The zero-order chi connectivity index (χ0) is 21.1. The number of phenolic OH excluding ortho intramolecular Hbond substituents is 1. The fourth-order valence-corrected chi connectivity index (χ4v) is 4.13. The Hall–Kier alpha value is -3.60. The summed E-state index contributed by atoms with van der Waals surface area (Å²) in [5.74, 6) is 0.139. The summed E-state index contributed by atoms with van der Waals surface area (Å²) >= 11 is 0. The van der Waals surface area contributed by atoms with Gasteiger partial charge in [0, 0.05) is 36.3 Å².